The van der Waals surface area contributed by atoms with Gasteiger partial charge in [-0.15, -0.1) is 0 Å². The first-order valence-corrected chi connectivity index (χ1v) is 11.8. The molecule has 0 bridgehead atoms. The van der Waals surface area contributed by atoms with Crippen LogP contribution in [-0.2, 0) is 26.2 Å². The third-order valence-electron chi connectivity index (χ3n) is 3.87. The van der Waals surface area contributed by atoms with Crippen molar-refractivity contribution in [2.45, 2.75) is 11.9 Å². The number of carbonyl (C=O) groups excluding carboxylic acids is 2. The van der Waals surface area contributed by atoms with Crippen LogP contribution in [0.3, 0.4) is 0 Å². The van der Waals surface area contributed by atoms with E-state index in [-0.39, 0.29) is 11.3 Å². The maximum absolute atomic E-state index is 14.3. The molecule has 186 valence electrons. The summed E-state index contributed by atoms with van der Waals surface area (Å²) in [6.45, 7) is -3.15. The van der Waals surface area contributed by atoms with Crippen LogP contribution < -0.4 is 0 Å². The highest BCUT2D eigenvalue weighted by Crippen LogP contribution is 2.30. The van der Waals surface area contributed by atoms with Gasteiger partial charge in [-0.2, -0.15) is 17.2 Å². The van der Waals surface area contributed by atoms with E-state index in [1.165, 1.54) is 12.1 Å². The molecule has 2 N–H and O–H groups in total. The summed E-state index contributed by atoms with van der Waals surface area (Å²) in [5.41, 5.74) is -3.68. The first-order chi connectivity index (χ1) is 15.5. The summed E-state index contributed by atoms with van der Waals surface area (Å²) in [4.78, 5) is 24.3. The number of hydrogen-bond donors (Lipinski definition) is 2. The van der Waals surface area contributed by atoms with E-state index in [1.54, 1.807) is 45.2 Å². The quantitative estimate of drug-likeness (QED) is 0.108. The molecule has 0 heterocycles. The molecule has 2 rings (SSSR count). The second kappa shape index (κ2) is 10.4. The van der Waals surface area contributed by atoms with Gasteiger partial charge in [0.15, 0.2) is 29.9 Å². The lowest BCUT2D eigenvalue weighted by Crippen LogP contribution is -2.35. The molecule has 0 fully saturated rings. The number of ether oxygens (including phenoxy) is 2. The Morgan fingerprint density at radius 3 is 1.71 bits per heavy atom. The lowest BCUT2D eigenvalue weighted by molar-refractivity contribution is -0.0101. The molecule has 0 spiro atoms. The molecule has 0 aliphatic heterocycles. The molecular weight excluding hydrogens is 732 g/mol. The number of benzene rings is 2. The van der Waals surface area contributed by atoms with Crippen molar-refractivity contribution in [1.82, 2.24) is 0 Å². The van der Waals surface area contributed by atoms with Crippen LogP contribution in [-0.4, -0.2) is 41.9 Å². The molecule has 8 nitrogen and oxygen atoms in total. The van der Waals surface area contributed by atoms with Crippen molar-refractivity contribution in [3.8, 4) is 5.75 Å². The van der Waals surface area contributed by atoms with Gasteiger partial charge in [-0.05, 0) is 62.9 Å². The molecule has 0 aliphatic rings. The van der Waals surface area contributed by atoms with E-state index >= 15 is 0 Å². The van der Waals surface area contributed by atoms with Crippen molar-refractivity contribution in [2.24, 2.45) is 0 Å². The van der Waals surface area contributed by atoms with Crippen LogP contribution in [0.4, 0.5) is 26.3 Å². The zero-order valence-corrected chi connectivity index (χ0v) is 21.0. The van der Waals surface area contributed by atoms with Crippen molar-refractivity contribution in [3.05, 3.63) is 59.2 Å². The van der Waals surface area contributed by atoms with E-state index in [0.717, 1.165) is 0 Å². The summed E-state index contributed by atoms with van der Waals surface area (Å²) in [5.74, 6) is -14.5. The van der Waals surface area contributed by atoms with Crippen molar-refractivity contribution in [2.75, 3.05) is 6.61 Å². The van der Waals surface area contributed by atoms with E-state index in [9.17, 15) is 49.5 Å². The normalized spacial score (nSPS) is 11.9. The van der Waals surface area contributed by atoms with Gasteiger partial charge in [0.05, 0.1) is 7.14 Å². The lowest BCUT2D eigenvalue weighted by Gasteiger charge is -2.15. The average molecular weight is 740 g/mol. The van der Waals surface area contributed by atoms with E-state index in [1.807, 2.05) is 0 Å². The van der Waals surface area contributed by atoms with Crippen molar-refractivity contribution >= 4 is 67.2 Å². The molecule has 0 aliphatic carbocycles. The zero-order chi connectivity index (χ0) is 26.2. The van der Waals surface area contributed by atoms with Crippen LogP contribution in [0.25, 0.3) is 0 Å². The Hall–Kier alpha value is -1.87. The Balaban J connectivity index is 2.43. The first kappa shape index (κ1) is 28.4. The highest BCUT2D eigenvalue weighted by molar-refractivity contribution is 14.1. The maximum atomic E-state index is 14.3. The summed E-state index contributed by atoms with van der Waals surface area (Å²) in [5, 5.41) is 4.61. The van der Waals surface area contributed by atoms with Gasteiger partial charge in [0.25, 0.3) is 0 Å². The topological polar surface area (TPSA) is 127 Å². The van der Waals surface area contributed by atoms with E-state index in [2.05, 4.69) is 9.47 Å². The van der Waals surface area contributed by atoms with Gasteiger partial charge in [0.2, 0.25) is 0 Å². The van der Waals surface area contributed by atoms with Crippen molar-refractivity contribution < 1.29 is 63.5 Å². The molecule has 2 aromatic carbocycles. The maximum Gasteiger partial charge on any atom is 0.402 e. The largest absolute Gasteiger partial charge is 0.506 e. The molecule has 0 atom stereocenters. The molecule has 2 aromatic rings. The molecule has 0 saturated heterocycles. The predicted octanol–water partition coefficient (Wildman–Crippen LogP) is 4.15. The van der Waals surface area contributed by atoms with Crippen molar-refractivity contribution in [3.63, 3.8) is 0 Å². The average Bonchev–Trinajstić information content (AvgIpc) is 2.74. The van der Waals surface area contributed by atoms with Crippen LogP contribution in [0.15, 0.2) is 12.1 Å². The number of phenols is 1. The highest BCUT2D eigenvalue weighted by atomic mass is 127. The molecule has 0 radical (unpaired) electrons. The Bertz CT molecular complexity index is 1260. The van der Waals surface area contributed by atoms with Crippen LogP contribution in [0.1, 0.15) is 26.3 Å². The number of phenolic OH excluding ortho intramolecular Hbond substituents is 1. The van der Waals surface area contributed by atoms with Crippen LogP contribution >= 0.6 is 45.2 Å². The first-order valence-electron chi connectivity index (χ1n) is 8.21. The molecular formula is C17H8F6I2O8S. The minimum absolute atomic E-state index is 0.114. The Labute approximate surface area is 213 Å². The van der Waals surface area contributed by atoms with E-state index < -0.39 is 74.9 Å². The monoisotopic (exact) mass is 740 g/mol. The van der Waals surface area contributed by atoms with Gasteiger partial charge < -0.3 is 14.6 Å². The molecule has 0 amide bonds. The Morgan fingerprint density at radius 1 is 0.882 bits per heavy atom. The second-order valence-corrected chi connectivity index (χ2v) is 10.1. The van der Waals surface area contributed by atoms with E-state index in [4.69, 9.17) is 4.55 Å². The standard InChI is InChI=1S/C17H8F6I2O8S/c18-10-8(15(27)32-3-5-1-6(24)14(26)7(25)2-5)9(11(19)13(21)12(10)20)16(28)33-4-17(22,23)34(29,30)31/h1-2,26H,3-4H2,(H,29,30,31). The van der Waals surface area contributed by atoms with Crippen LogP contribution in [0, 0.1) is 30.4 Å². The minimum atomic E-state index is -6.11. The minimum Gasteiger partial charge on any atom is -0.506 e. The SMILES string of the molecule is O=C(OCc1cc(I)c(O)c(I)c1)c1c(F)c(F)c(F)c(F)c1C(=O)OCC(F)(F)S(=O)(=O)O. The highest BCUT2D eigenvalue weighted by Gasteiger charge is 2.46. The third kappa shape index (κ3) is 5.85. The van der Waals surface area contributed by atoms with Gasteiger partial charge in [-0.1, -0.05) is 0 Å². The van der Waals surface area contributed by atoms with Gasteiger partial charge in [0, 0.05) is 0 Å². The number of aromatic hydroxyl groups is 1. The summed E-state index contributed by atoms with van der Waals surface area (Å²) in [6, 6.07) is 2.61. The molecule has 34 heavy (non-hydrogen) atoms. The zero-order valence-electron chi connectivity index (χ0n) is 15.8. The fourth-order valence-corrected chi connectivity index (χ4v) is 4.34. The fraction of sp³-hybridized carbons (Fsp3) is 0.176. The smallest absolute Gasteiger partial charge is 0.402 e. The van der Waals surface area contributed by atoms with Crippen LogP contribution in [0.5, 0.6) is 5.75 Å². The molecule has 0 saturated carbocycles. The molecule has 0 aromatic heterocycles. The van der Waals surface area contributed by atoms with E-state index in [0.29, 0.717) is 7.14 Å². The number of carbonyl (C=O) groups is 2. The number of esters is 2. The third-order valence-corrected chi connectivity index (χ3v) is 6.39. The summed E-state index contributed by atoms with van der Waals surface area (Å²) in [6.07, 6.45) is 0. The molecule has 17 heteroatoms. The van der Waals surface area contributed by atoms with Gasteiger partial charge in [0.1, 0.15) is 23.5 Å². The second-order valence-electron chi connectivity index (χ2n) is 6.18. The number of alkyl halides is 2. The number of rotatable bonds is 7. The molecule has 0 unspecified atom stereocenters. The predicted molar refractivity (Wildman–Crippen MR) is 116 cm³/mol. The van der Waals surface area contributed by atoms with Gasteiger partial charge >= 0.3 is 27.3 Å². The number of hydrogen-bond acceptors (Lipinski definition) is 7. The van der Waals surface area contributed by atoms with Crippen molar-refractivity contribution in [1.29, 1.82) is 0 Å². The van der Waals surface area contributed by atoms with Gasteiger partial charge in [-0.3, -0.25) is 4.55 Å². The van der Waals surface area contributed by atoms with Crippen LogP contribution in [0.2, 0.25) is 0 Å². The summed E-state index contributed by atoms with van der Waals surface area (Å²) >= 11 is 3.44. The summed E-state index contributed by atoms with van der Waals surface area (Å²) in [7, 11) is -6.11. The summed E-state index contributed by atoms with van der Waals surface area (Å²) < 4.78 is 121. The fourth-order valence-electron chi connectivity index (χ4n) is 2.23. The Kier molecular flexibility index (Phi) is 8.68. The lowest BCUT2D eigenvalue weighted by atomic mass is 10.0. The number of halogens is 8. The van der Waals surface area contributed by atoms with Gasteiger partial charge in [-0.25, -0.2) is 27.2 Å². The Morgan fingerprint density at radius 2 is 1.29 bits per heavy atom.